The largest absolute Gasteiger partial charge is 0.472 e. The number of amides is 1. The number of ether oxygens (including phenoxy) is 1. The second kappa shape index (κ2) is 11.8. The highest BCUT2D eigenvalue weighted by atomic mass is 32.2. The molecule has 9 heteroatoms. The van der Waals surface area contributed by atoms with Crippen molar-refractivity contribution in [2.24, 2.45) is 5.73 Å². The number of benzene rings is 2. The SMILES string of the molecule is C#CCN1CCN(c2ncc(Sc3ccc(C(N)=O)cc3)c(OCc3cccc(N(C)C)c3)n2)CC1. The van der Waals surface area contributed by atoms with E-state index >= 15 is 0 Å². The van der Waals surface area contributed by atoms with Crippen molar-refractivity contribution >= 4 is 29.3 Å². The lowest BCUT2D eigenvalue weighted by Gasteiger charge is -2.33. The van der Waals surface area contributed by atoms with Gasteiger partial charge in [0.15, 0.2) is 0 Å². The quantitative estimate of drug-likeness (QED) is 0.447. The molecule has 1 amide bonds. The molecule has 3 aromatic rings. The molecule has 0 unspecified atom stereocenters. The summed E-state index contributed by atoms with van der Waals surface area (Å²) in [6.45, 7) is 4.36. The van der Waals surface area contributed by atoms with Gasteiger partial charge >= 0.3 is 0 Å². The molecule has 1 aromatic heterocycles. The number of hydrogen-bond acceptors (Lipinski definition) is 8. The third kappa shape index (κ3) is 6.47. The van der Waals surface area contributed by atoms with Crippen LogP contribution in [0, 0.1) is 12.3 Å². The average molecular weight is 503 g/mol. The molecule has 1 fully saturated rings. The normalized spacial score (nSPS) is 13.8. The standard InChI is InChI=1S/C27H30N6O2S/c1-4-12-32-13-15-33(16-14-32)27-29-18-24(36-23-10-8-21(9-11-23)25(28)34)26(30-27)35-19-20-6-5-7-22(17-20)31(2)3/h1,5-11,17-18H,12-16,19H2,2-3H3,(H2,28,34). The van der Waals surface area contributed by atoms with E-state index in [0.29, 0.717) is 30.5 Å². The Balaban J connectivity index is 1.56. The lowest BCUT2D eigenvalue weighted by Crippen LogP contribution is -2.47. The zero-order valence-corrected chi connectivity index (χ0v) is 21.4. The Hall–Kier alpha value is -3.74. The van der Waals surface area contributed by atoms with Crippen LogP contribution in [0.1, 0.15) is 15.9 Å². The number of terminal acetylenes is 1. The topological polar surface area (TPSA) is 87.8 Å². The maximum Gasteiger partial charge on any atom is 0.248 e. The van der Waals surface area contributed by atoms with Crippen LogP contribution < -0.4 is 20.3 Å². The Kier molecular flexibility index (Phi) is 8.31. The summed E-state index contributed by atoms with van der Waals surface area (Å²) in [5.41, 5.74) is 7.99. The molecule has 0 atom stereocenters. The van der Waals surface area contributed by atoms with Crippen LogP contribution in [0.4, 0.5) is 11.6 Å². The number of carbonyl (C=O) groups is 1. The molecule has 0 bridgehead atoms. The predicted octanol–water partition coefficient (Wildman–Crippen LogP) is 3.13. The van der Waals surface area contributed by atoms with E-state index in [1.807, 2.05) is 38.4 Å². The van der Waals surface area contributed by atoms with Crippen LogP contribution in [0.3, 0.4) is 0 Å². The number of nitrogens with zero attached hydrogens (tertiary/aromatic N) is 5. The summed E-state index contributed by atoms with van der Waals surface area (Å²) < 4.78 is 6.26. The van der Waals surface area contributed by atoms with E-state index in [0.717, 1.165) is 47.2 Å². The van der Waals surface area contributed by atoms with Gasteiger partial charge in [-0.2, -0.15) is 4.98 Å². The third-order valence-corrected chi connectivity index (χ3v) is 6.86. The molecular weight excluding hydrogens is 472 g/mol. The van der Waals surface area contributed by atoms with Gasteiger partial charge in [-0.1, -0.05) is 29.8 Å². The van der Waals surface area contributed by atoms with Crippen LogP contribution in [-0.2, 0) is 6.61 Å². The molecule has 0 radical (unpaired) electrons. The maximum absolute atomic E-state index is 11.4. The van der Waals surface area contributed by atoms with Gasteiger partial charge in [-0.15, -0.1) is 6.42 Å². The van der Waals surface area contributed by atoms with E-state index in [1.165, 1.54) is 11.8 Å². The summed E-state index contributed by atoms with van der Waals surface area (Å²) in [6, 6.07) is 15.3. The molecule has 2 aromatic carbocycles. The van der Waals surface area contributed by atoms with Crippen molar-refractivity contribution in [1.82, 2.24) is 14.9 Å². The van der Waals surface area contributed by atoms with Crippen molar-refractivity contribution in [3.8, 4) is 18.2 Å². The summed E-state index contributed by atoms with van der Waals surface area (Å²) in [5, 5.41) is 0. The molecule has 4 rings (SSSR count). The molecule has 186 valence electrons. The monoisotopic (exact) mass is 502 g/mol. The van der Waals surface area contributed by atoms with Gasteiger partial charge in [0.2, 0.25) is 17.7 Å². The second-order valence-electron chi connectivity index (χ2n) is 8.65. The number of nitrogens with two attached hydrogens (primary N) is 1. The van der Waals surface area contributed by atoms with Crippen molar-refractivity contribution in [2.75, 3.05) is 56.6 Å². The summed E-state index contributed by atoms with van der Waals surface area (Å²) in [5.74, 6) is 3.41. The van der Waals surface area contributed by atoms with Gasteiger partial charge in [-0.25, -0.2) is 4.98 Å². The van der Waals surface area contributed by atoms with Crippen molar-refractivity contribution in [2.45, 2.75) is 16.4 Å². The molecule has 2 heterocycles. The number of hydrogen-bond donors (Lipinski definition) is 1. The minimum absolute atomic E-state index is 0.377. The fraction of sp³-hybridized carbons (Fsp3) is 0.296. The number of rotatable bonds is 9. The van der Waals surface area contributed by atoms with Crippen molar-refractivity contribution in [1.29, 1.82) is 0 Å². The van der Waals surface area contributed by atoms with Crippen LogP contribution in [-0.4, -0.2) is 67.6 Å². The van der Waals surface area contributed by atoms with Gasteiger partial charge in [0.25, 0.3) is 0 Å². The van der Waals surface area contributed by atoms with Crippen molar-refractivity contribution < 1.29 is 9.53 Å². The second-order valence-corrected chi connectivity index (χ2v) is 9.77. The Morgan fingerprint density at radius 3 is 2.58 bits per heavy atom. The average Bonchev–Trinajstić information content (AvgIpc) is 2.89. The van der Waals surface area contributed by atoms with Gasteiger partial charge in [0, 0.05) is 56.4 Å². The summed E-state index contributed by atoms with van der Waals surface area (Å²) >= 11 is 1.48. The molecule has 1 saturated heterocycles. The lowest BCUT2D eigenvalue weighted by molar-refractivity contribution is 0.1000. The highest BCUT2D eigenvalue weighted by Crippen LogP contribution is 2.35. The fourth-order valence-corrected chi connectivity index (χ4v) is 4.62. The number of anilines is 2. The number of carbonyl (C=O) groups excluding carboxylic acids is 1. The molecular formula is C27H30N6O2S. The fourth-order valence-electron chi connectivity index (χ4n) is 3.80. The lowest BCUT2D eigenvalue weighted by atomic mass is 10.2. The van der Waals surface area contributed by atoms with Crippen LogP contribution in [0.5, 0.6) is 5.88 Å². The predicted molar refractivity (Wildman–Crippen MR) is 144 cm³/mol. The number of aromatic nitrogens is 2. The summed E-state index contributed by atoms with van der Waals surface area (Å²) in [7, 11) is 4.02. The first-order chi connectivity index (χ1) is 17.4. The Morgan fingerprint density at radius 1 is 1.17 bits per heavy atom. The van der Waals surface area contributed by atoms with Gasteiger partial charge in [0.1, 0.15) is 6.61 Å². The zero-order chi connectivity index (χ0) is 25.5. The minimum atomic E-state index is -0.453. The van der Waals surface area contributed by atoms with Crippen LogP contribution in [0.25, 0.3) is 0 Å². The van der Waals surface area contributed by atoms with E-state index in [1.54, 1.807) is 18.3 Å². The van der Waals surface area contributed by atoms with Gasteiger partial charge in [0.05, 0.1) is 17.6 Å². The van der Waals surface area contributed by atoms with Crippen LogP contribution in [0.15, 0.2) is 64.5 Å². The van der Waals surface area contributed by atoms with Crippen molar-refractivity contribution in [3.05, 3.63) is 65.9 Å². The Labute approximate surface area is 216 Å². The first kappa shape index (κ1) is 25.4. The summed E-state index contributed by atoms with van der Waals surface area (Å²) in [4.78, 5) is 29.0. The van der Waals surface area contributed by atoms with E-state index in [9.17, 15) is 4.79 Å². The Morgan fingerprint density at radius 2 is 1.92 bits per heavy atom. The smallest absolute Gasteiger partial charge is 0.248 e. The molecule has 1 aliphatic heterocycles. The Bertz CT molecular complexity index is 1230. The van der Waals surface area contributed by atoms with E-state index in [2.05, 4.69) is 37.7 Å². The third-order valence-electron chi connectivity index (χ3n) is 5.85. The van der Waals surface area contributed by atoms with Gasteiger partial charge < -0.3 is 20.3 Å². The zero-order valence-electron chi connectivity index (χ0n) is 20.6. The van der Waals surface area contributed by atoms with Crippen LogP contribution in [0.2, 0.25) is 0 Å². The minimum Gasteiger partial charge on any atom is -0.472 e. The van der Waals surface area contributed by atoms with Gasteiger partial charge in [-0.3, -0.25) is 9.69 Å². The number of piperazine rings is 1. The maximum atomic E-state index is 11.4. The molecule has 8 nitrogen and oxygen atoms in total. The first-order valence-corrected chi connectivity index (χ1v) is 12.5. The number of primary amides is 1. The van der Waals surface area contributed by atoms with E-state index < -0.39 is 5.91 Å². The van der Waals surface area contributed by atoms with Crippen LogP contribution >= 0.6 is 11.8 Å². The molecule has 36 heavy (non-hydrogen) atoms. The van der Waals surface area contributed by atoms with Gasteiger partial charge in [-0.05, 0) is 42.0 Å². The van der Waals surface area contributed by atoms with E-state index in [-0.39, 0.29) is 0 Å². The van der Waals surface area contributed by atoms with Crippen molar-refractivity contribution in [3.63, 3.8) is 0 Å². The molecule has 0 spiro atoms. The molecule has 0 aliphatic carbocycles. The highest BCUT2D eigenvalue weighted by Gasteiger charge is 2.20. The molecule has 0 saturated carbocycles. The summed E-state index contributed by atoms with van der Waals surface area (Å²) in [6.07, 6.45) is 7.26. The highest BCUT2D eigenvalue weighted by molar-refractivity contribution is 7.99. The molecule has 1 aliphatic rings. The van der Waals surface area contributed by atoms with E-state index in [4.69, 9.17) is 21.9 Å². The first-order valence-electron chi connectivity index (χ1n) is 11.7. The molecule has 2 N–H and O–H groups in total.